The molecule has 1 aliphatic rings. The first-order chi connectivity index (χ1) is 11.7. The highest BCUT2D eigenvalue weighted by Crippen LogP contribution is 2.28. The Morgan fingerprint density at radius 1 is 1.04 bits per heavy atom. The fourth-order valence-corrected chi connectivity index (χ4v) is 3.41. The SMILES string of the molecule is O=C(/C=N/N(c1ccccc1)c1ccccc1)O[C@H]1CCC[C@@H]1Br. The van der Waals surface area contributed by atoms with E-state index >= 15 is 0 Å². The minimum atomic E-state index is -0.414. The lowest BCUT2D eigenvalue weighted by Gasteiger charge is -2.19. The molecule has 4 nitrogen and oxygen atoms in total. The van der Waals surface area contributed by atoms with Crippen molar-refractivity contribution in [2.75, 3.05) is 5.01 Å². The van der Waals surface area contributed by atoms with Crippen LogP contribution in [0.3, 0.4) is 0 Å². The van der Waals surface area contributed by atoms with Crippen LogP contribution in [0.15, 0.2) is 65.8 Å². The van der Waals surface area contributed by atoms with E-state index in [0.717, 1.165) is 30.6 Å². The van der Waals surface area contributed by atoms with Crippen LogP contribution in [-0.2, 0) is 9.53 Å². The summed E-state index contributed by atoms with van der Waals surface area (Å²) in [4.78, 5) is 12.3. The predicted octanol–water partition coefficient (Wildman–Crippen LogP) is 4.67. The lowest BCUT2D eigenvalue weighted by molar-refractivity contribution is -0.139. The summed E-state index contributed by atoms with van der Waals surface area (Å²) in [5.74, 6) is -0.414. The summed E-state index contributed by atoms with van der Waals surface area (Å²) in [6.07, 6.45) is 4.19. The summed E-state index contributed by atoms with van der Waals surface area (Å²) in [5, 5.41) is 6.07. The van der Waals surface area contributed by atoms with Crippen LogP contribution in [0.25, 0.3) is 0 Å². The summed E-state index contributed by atoms with van der Waals surface area (Å²) in [7, 11) is 0. The standard InChI is InChI=1S/C19H19BrN2O2/c20-17-12-7-13-18(17)24-19(23)14-21-22(15-8-3-1-4-9-15)16-10-5-2-6-11-16/h1-6,8-11,14,17-18H,7,12-13H2/b21-14+/t17-,18-/m0/s1. The average molecular weight is 387 g/mol. The second-order valence-corrected chi connectivity index (χ2v) is 6.83. The number of hydrogen-bond acceptors (Lipinski definition) is 4. The van der Waals surface area contributed by atoms with Gasteiger partial charge in [-0.15, -0.1) is 0 Å². The fourth-order valence-electron chi connectivity index (χ4n) is 2.72. The molecule has 0 N–H and O–H groups in total. The van der Waals surface area contributed by atoms with Crippen LogP contribution in [0.4, 0.5) is 11.4 Å². The van der Waals surface area contributed by atoms with Gasteiger partial charge >= 0.3 is 5.97 Å². The molecule has 1 fully saturated rings. The number of hydrazone groups is 1. The number of para-hydroxylation sites is 2. The third-order valence-electron chi connectivity index (χ3n) is 3.92. The van der Waals surface area contributed by atoms with E-state index in [-0.39, 0.29) is 10.9 Å². The summed E-state index contributed by atoms with van der Waals surface area (Å²) in [5.41, 5.74) is 1.76. The molecule has 0 unspecified atom stereocenters. The third-order valence-corrected chi connectivity index (χ3v) is 4.97. The van der Waals surface area contributed by atoms with E-state index in [1.54, 1.807) is 5.01 Å². The second kappa shape index (κ2) is 8.11. The highest BCUT2D eigenvalue weighted by atomic mass is 79.9. The van der Waals surface area contributed by atoms with Crippen molar-refractivity contribution in [2.24, 2.45) is 5.10 Å². The molecule has 2 aromatic rings. The zero-order valence-corrected chi connectivity index (χ0v) is 14.8. The molecular weight excluding hydrogens is 368 g/mol. The second-order valence-electron chi connectivity index (χ2n) is 5.65. The van der Waals surface area contributed by atoms with Gasteiger partial charge in [-0.2, -0.15) is 5.10 Å². The van der Waals surface area contributed by atoms with Crippen molar-refractivity contribution in [1.82, 2.24) is 0 Å². The van der Waals surface area contributed by atoms with Gasteiger partial charge in [-0.25, -0.2) is 9.80 Å². The normalized spacial score (nSPS) is 20.2. The summed E-state index contributed by atoms with van der Waals surface area (Å²) >= 11 is 3.55. The zero-order valence-electron chi connectivity index (χ0n) is 13.2. The van der Waals surface area contributed by atoms with Crippen LogP contribution in [0, 0.1) is 0 Å². The fraction of sp³-hybridized carbons (Fsp3) is 0.263. The number of hydrogen-bond donors (Lipinski definition) is 0. The largest absolute Gasteiger partial charge is 0.457 e. The number of rotatable bonds is 5. The van der Waals surface area contributed by atoms with Crippen LogP contribution in [-0.4, -0.2) is 23.1 Å². The molecule has 0 heterocycles. The molecule has 1 saturated carbocycles. The van der Waals surface area contributed by atoms with Crippen molar-refractivity contribution in [1.29, 1.82) is 0 Å². The van der Waals surface area contributed by atoms with Crippen molar-refractivity contribution >= 4 is 39.5 Å². The van der Waals surface area contributed by atoms with Crippen molar-refractivity contribution in [2.45, 2.75) is 30.2 Å². The van der Waals surface area contributed by atoms with Gasteiger partial charge in [0.15, 0.2) is 0 Å². The molecule has 0 spiro atoms. The van der Waals surface area contributed by atoms with Gasteiger partial charge in [0.25, 0.3) is 0 Å². The Balaban J connectivity index is 1.75. The molecule has 0 saturated heterocycles. The van der Waals surface area contributed by atoms with Gasteiger partial charge in [-0.05, 0) is 43.5 Å². The van der Waals surface area contributed by atoms with Gasteiger partial charge in [0.1, 0.15) is 12.3 Å². The highest BCUT2D eigenvalue weighted by Gasteiger charge is 2.27. The Kier molecular flexibility index (Phi) is 5.64. The number of nitrogens with zero attached hydrogens (tertiary/aromatic N) is 2. The average Bonchev–Trinajstić information content (AvgIpc) is 3.02. The van der Waals surface area contributed by atoms with Crippen LogP contribution in [0.1, 0.15) is 19.3 Å². The van der Waals surface area contributed by atoms with Gasteiger partial charge < -0.3 is 4.74 Å². The maximum absolute atomic E-state index is 12.1. The zero-order chi connectivity index (χ0) is 16.8. The number of carbonyl (C=O) groups is 1. The Labute approximate surface area is 150 Å². The van der Waals surface area contributed by atoms with E-state index in [1.165, 1.54) is 6.21 Å². The lowest BCUT2D eigenvalue weighted by Crippen LogP contribution is -2.23. The molecule has 0 aliphatic heterocycles. The quantitative estimate of drug-likeness (QED) is 0.324. The molecule has 5 heteroatoms. The Bertz CT molecular complexity index is 652. The molecule has 1 aliphatic carbocycles. The maximum atomic E-state index is 12.1. The van der Waals surface area contributed by atoms with Crippen molar-refractivity contribution < 1.29 is 9.53 Å². The first kappa shape index (κ1) is 16.7. The molecule has 2 atom stereocenters. The molecular formula is C19H19BrN2O2. The predicted molar refractivity (Wildman–Crippen MR) is 100.0 cm³/mol. The topological polar surface area (TPSA) is 41.9 Å². The third kappa shape index (κ3) is 4.23. The first-order valence-electron chi connectivity index (χ1n) is 8.03. The van der Waals surface area contributed by atoms with Crippen LogP contribution in [0.2, 0.25) is 0 Å². The number of ether oxygens (including phenoxy) is 1. The van der Waals surface area contributed by atoms with E-state index in [0.29, 0.717) is 0 Å². The van der Waals surface area contributed by atoms with Crippen molar-refractivity contribution in [3.05, 3.63) is 60.7 Å². The minimum absolute atomic E-state index is 0.0640. The van der Waals surface area contributed by atoms with Gasteiger partial charge in [0.2, 0.25) is 0 Å². The number of anilines is 2. The van der Waals surface area contributed by atoms with Crippen molar-refractivity contribution in [3.63, 3.8) is 0 Å². The number of halogens is 1. The highest BCUT2D eigenvalue weighted by molar-refractivity contribution is 9.09. The number of carbonyl (C=O) groups excluding carboxylic acids is 1. The van der Waals surface area contributed by atoms with Gasteiger partial charge in [0, 0.05) is 0 Å². The van der Waals surface area contributed by atoms with Gasteiger partial charge in [-0.3, -0.25) is 0 Å². The molecule has 0 amide bonds. The maximum Gasteiger partial charge on any atom is 0.351 e. The van der Waals surface area contributed by atoms with E-state index in [1.807, 2.05) is 60.7 Å². The van der Waals surface area contributed by atoms with Crippen LogP contribution in [0.5, 0.6) is 0 Å². The number of alkyl halides is 1. The smallest absolute Gasteiger partial charge is 0.351 e. The molecule has 0 bridgehead atoms. The first-order valence-corrected chi connectivity index (χ1v) is 8.94. The molecule has 24 heavy (non-hydrogen) atoms. The Hall–Kier alpha value is -2.14. The monoisotopic (exact) mass is 386 g/mol. The lowest BCUT2D eigenvalue weighted by atomic mass is 10.2. The Morgan fingerprint density at radius 2 is 1.62 bits per heavy atom. The van der Waals surface area contributed by atoms with E-state index in [4.69, 9.17) is 4.74 Å². The number of esters is 1. The van der Waals surface area contributed by atoms with Gasteiger partial charge in [0.05, 0.1) is 16.2 Å². The van der Waals surface area contributed by atoms with Crippen LogP contribution < -0.4 is 5.01 Å². The summed E-state index contributed by atoms with van der Waals surface area (Å²) in [6, 6.07) is 19.4. The minimum Gasteiger partial charge on any atom is -0.457 e. The van der Waals surface area contributed by atoms with E-state index in [9.17, 15) is 4.79 Å². The molecule has 0 aromatic heterocycles. The van der Waals surface area contributed by atoms with Gasteiger partial charge in [-0.1, -0.05) is 52.3 Å². The number of benzene rings is 2. The van der Waals surface area contributed by atoms with Crippen molar-refractivity contribution in [3.8, 4) is 0 Å². The summed E-state index contributed by atoms with van der Waals surface area (Å²) in [6.45, 7) is 0. The molecule has 3 rings (SSSR count). The molecule has 2 aromatic carbocycles. The van der Waals surface area contributed by atoms with E-state index < -0.39 is 5.97 Å². The van der Waals surface area contributed by atoms with Crippen LogP contribution >= 0.6 is 15.9 Å². The Morgan fingerprint density at radius 3 is 2.12 bits per heavy atom. The molecule has 124 valence electrons. The summed E-state index contributed by atoms with van der Waals surface area (Å²) < 4.78 is 5.48. The molecule has 0 radical (unpaired) electrons. The van der Waals surface area contributed by atoms with E-state index in [2.05, 4.69) is 21.0 Å².